The van der Waals surface area contributed by atoms with E-state index in [4.69, 9.17) is 0 Å². The molecule has 2 fully saturated rings. The Hall–Kier alpha value is -1.10. The molecule has 1 saturated carbocycles. The molecule has 0 unspecified atom stereocenters. The van der Waals surface area contributed by atoms with Crippen molar-refractivity contribution in [3.8, 4) is 0 Å². The van der Waals surface area contributed by atoms with Crippen molar-refractivity contribution >= 4 is 47.6 Å². The smallest absolute Gasteiger partial charge is 0.225 e. The van der Waals surface area contributed by atoms with Crippen LogP contribution in [0.3, 0.4) is 0 Å². The average Bonchev–Trinajstić information content (AvgIpc) is 2.75. The van der Waals surface area contributed by atoms with Gasteiger partial charge in [0.15, 0.2) is 5.96 Å². The lowest BCUT2D eigenvalue weighted by Crippen LogP contribution is -2.47. The topological polar surface area (TPSA) is 56.7 Å². The molecule has 3 rings (SSSR count). The van der Waals surface area contributed by atoms with Crippen molar-refractivity contribution in [1.82, 2.24) is 15.5 Å². The van der Waals surface area contributed by atoms with E-state index in [1.54, 1.807) is 0 Å². The Kier molecular flexibility index (Phi) is 10.6. The highest BCUT2D eigenvalue weighted by atomic mass is 127. The standard InChI is InChI=1S/C21H30F2N4OS.HI/c1-2-24-21(25-14-16-13-17(22)5-8-19(16)23)26-18-6-3-15(4-7-18)20(28)27-9-11-29-12-10-27;/h5,8,13,15,18H,2-4,6-7,9-12,14H2,1H3,(H2,24,25,26);1H. The Morgan fingerprint density at radius 1 is 1.20 bits per heavy atom. The summed E-state index contributed by atoms with van der Waals surface area (Å²) in [5.74, 6) is 2.18. The molecule has 1 heterocycles. The molecule has 0 spiro atoms. The van der Waals surface area contributed by atoms with E-state index in [0.717, 1.165) is 62.4 Å². The summed E-state index contributed by atoms with van der Waals surface area (Å²) in [4.78, 5) is 19.1. The van der Waals surface area contributed by atoms with E-state index < -0.39 is 11.6 Å². The lowest BCUT2D eigenvalue weighted by molar-refractivity contribution is -0.136. The van der Waals surface area contributed by atoms with E-state index in [1.807, 2.05) is 23.6 Å². The fraction of sp³-hybridized carbons (Fsp3) is 0.619. The summed E-state index contributed by atoms with van der Waals surface area (Å²) in [6, 6.07) is 3.64. The van der Waals surface area contributed by atoms with Crippen LogP contribution in [0.5, 0.6) is 0 Å². The largest absolute Gasteiger partial charge is 0.357 e. The van der Waals surface area contributed by atoms with Gasteiger partial charge in [0.1, 0.15) is 11.6 Å². The molecule has 0 radical (unpaired) electrons. The number of carbonyl (C=O) groups is 1. The Labute approximate surface area is 198 Å². The molecular weight excluding hydrogens is 521 g/mol. The van der Waals surface area contributed by atoms with E-state index >= 15 is 0 Å². The SMILES string of the molecule is CCNC(=NCc1cc(F)ccc1F)NC1CCC(C(=O)N2CCSCC2)CC1.I. The predicted molar refractivity (Wildman–Crippen MR) is 129 cm³/mol. The highest BCUT2D eigenvalue weighted by molar-refractivity contribution is 14.0. The van der Waals surface area contributed by atoms with Crippen LogP contribution in [0, 0.1) is 17.6 Å². The molecular formula is C21H31F2IN4OS. The van der Waals surface area contributed by atoms with Gasteiger partial charge in [0, 0.05) is 48.7 Å². The summed E-state index contributed by atoms with van der Waals surface area (Å²) in [5.41, 5.74) is 0.233. The first kappa shape index (κ1) is 25.2. The van der Waals surface area contributed by atoms with Crippen LogP contribution < -0.4 is 10.6 Å². The van der Waals surface area contributed by atoms with Gasteiger partial charge in [-0.15, -0.1) is 24.0 Å². The first-order valence-electron chi connectivity index (χ1n) is 10.4. The van der Waals surface area contributed by atoms with Gasteiger partial charge in [-0.25, -0.2) is 13.8 Å². The molecule has 1 aromatic carbocycles. The molecule has 1 aliphatic heterocycles. The number of amides is 1. The van der Waals surface area contributed by atoms with Crippen molar-refractivity contribution in [1.29, 1.82) is 0 Å². The number of thioether (sulfide) groups is 1. The third-order valence-corrected chi connectivity index (χ3v) is 6.44. The molecule has 5 nitrogen and oxygen atoms in total. The lowest BCUT2D eigenvalue weighted by atomic mass is 9.85. The minimum Gasteiger partial charge on any atom is -0.357 e. The van der Waals surface area contributed by atoms with Gasteiger partial charge in [0.25, 0.3) is 0 Å². The van der Waals surface area contributed by atoms with Crippen LogP contribution in [0.1, 0.15) is 38.2 Å². The summed E-state index contributed by atoms with van der Waals surface area (Å²) in [6.45, 7) is 4.45. The van der Waals surface area contributed by atoms with Gasteiger partial charge in [0.05, 0.1) is 6.54 Å². The van der Waals surface area contributed by atoms with Gasteiger partial charge in [-0.2, -0.15) is 11.8 Å². The third-order valence-electron chi connectivity index (χ3n) is 5.50. The number of hydrogen-bond donors (Lipinski definition) is 2. The molecule has 0 bridgehead atoms. The second kappa shape index (κ2) is 12.7. The zero-order valence-corrected chi connectivity index (χ0v) is 20.5. The molecule has 1 saturated heterocycles. The van der Waals surface area contributed by atoms with Gasteiger partial charge < -0.3 is 15.5 Å². The number of aliphatic imine (C=N–C) groups is 1. The first-order chi connectivity index (χ1) is 14.1. The molecule has 2 aliphatic rings. The maximum Gasteiger partial charge on any atom is 0.225 e. The average molecular weight is 552 g/mol. The fourth-order valence-electron chi connectivity index (χ4n) is 3.87. The van der Waals surface area contributed by atoms with Crippen molar-refractivity contribution in [2.24, 2.45) is 10.9 Å². The van der Waals surface area contributed by atoms with Crippen LogP contribution in [0.4, 0.5) is 8.78 Å². The van der Waals surface area contributed by atoms with Gasteiger partial charge in [-0.3, -0.25) is 4.79 Å². The van der Waals surface area contributed by atoms with Crippen molar-refractivity contribution in [2.75, 3.05) is 31.1 Å². The number of halogens is 3. The van der Waals surface area contributed by atoms with Crippen LogP contribution in [0.15, 0.2) is 23.2 Å². The molecule has 0 atom stereocenters. The van der Waals surface area contributed by atoms with Crippen molar-refractivity contribution in [3.05, 3.63) is 35.4 Å². The second-order valence-electron chi connectivity index (χ2n) is 7.56. The predicted octanol–water partition coefficient (Wildman–Crippen LogP) is 3.77. The maximum atomic E-state index is 13.8. The molecule has 30 heavy (non-hydrogen) atoms. The quantitative estimate of drug-likeness (QED) is 0.332. The molecule has 0 aromatic heterocycles. The van der Waals surface area contributed by atoms with Crippen LogP contribution >= 0.6 is 35.7 Å². The zero-order chi connectivity index (χ0) is 20.6. The van der Waals surface area contributed by atoms with Crippen molar-refractivity contribution in [2.45, 2.75) is 45.2 Å². The van der Waals surface area contributed by atoms with Crippen molar-refractivity contribution in [3.63, 3.8) is 0 Å². The molecule has 1 aromatic rings. The summed E-state index contributed by atoms with van der Waals surface area (Å²) in [7, 11) is 0. The van der Waals surface area contributed by atoms with Crippen LogP contribution in [0.2, 0.25) is 0 Å². The fourth-order valence-corrected chi connectivity index (χ4v) is 4.77. The van der Waals surface area contributed by atoms with Crippen LogP contribution in [-0.4, -0.2) is 53.9 Å². The highest BCUT2D eigenvalue weighted by Crippen LogP contribution is 2.27. The van der Waals surface area contributed by atoms with E-state index in [-0.39, 0.29) is 48.0 Å². The number of nitrogens with one attached hydrogen (secondary N) is 2. The number of benzene rings is 1. The number of rotatable bonds is 5. The number of guanidine groups is 1. The van der Waals surface area contributed by atoms with E-state index in [0.29, 0.717) is 18.4 Å². The Balaban J connectivity index is 0.00000320. The highest BCUT2D eigenvalue weighted by Gasteiger charge is 2.30. The van der Waals surface area contributed by atoms with Crippen LogP contribution in [0.25, 0.3) is 0 Å². The summed E-state index contributed by atoms with van der Waals surface area (Å²) >= 11 is 1.91. The normalized spacial score (nSPS) is 22.2. The monoisotopic (exact) mass is 552 g/mol. The summed E-state index contributed by atoms with van der Waals surface area (Å²) in [5, 5.41) is 6.56. The van der Waals surface area contributed by atoms with Crippen LogP contribution in [-0.2, 0) is 11.3 Å². The minimum atomic E-state index is -0.468. The molecule has 168 valence electrons. The second-order valence-corrected chi connectivity index (χ2v) is 8.79. The summed E-state index contributed by atoms with van der Waals surface area (Å²) in [6.07, 6.45) is 3.55. The van der Waals surface area contributed by atoms with E-state index in [1.165, 1.54) is 6.07 Å². The van der Waals surface area contributed by atoms with Crippen molar-refractivity contribution < 1.29 is 13.6 Å². The van der Waals surface area contributed by atoms with Gasteiger partial charge >= 0.3 is 0 Å². The third kappa shape index (κ3) is 7.25. The zero-order valence-electron chi connectivity index (χ0n) is 17.3. The number of nitrogens with zero attached hydrogens (tertiary/aromatic N) is 2. The van der Waals surface area contributed by atoms with Gasteiger partial charge in [-0.05, 0) is 50.8 Å². The molecule has 1 aliphatic carbocycles. The minimum absolute atomic E-state index is 0. The molecule has 2 N–H and O–H groups in total. The van der Waals surface area contributed by atoms with E-state index in [9.17, 15) is 13.6 Å². The Morgan fingerprint density at radius 3 is 2.57 bits per heavy atom. The Bertz CT molecular complexity index is 723. The van der Waals surface area contributed by atoms with Gasteiger partial charge in [0.2, 0.25) is 5.91 Å². The number of hydrogen-bond acceptors (Lipinski definition) is 3. The van der Waals surface area contributed by atoms with E-state index in [2.05, 4.69) is 15.6 Å². The van der Waals surface area contributed by atoms with Gasteiger partial charge in [-0.1, -0.05) is 0 Å². The Morgan fingerprint density at radius 2 is 1.90 bits per heavy atom. The lowest BCUT2D eigenvalue weighted by Gasteiger charge is -2.34. The first-order valence-corrected chi connectivity index (χ1v) is 11.6. The molecule has 9 heteroatoms. The molecule has 1 amide bonds. The summed E-state index contributed by atoms with van der Waals surface area (Å²) < 4.78 is 27.2. The maximum absolute atomic E-state index is 13.8. The number of carbonyl (C=O) groups excluding carboxylic acids is 1.